The van der Waals surface area contributed by atoms with E-state index in [-0.39, 0.29) is 24.6 Å². The third kappa shape index (κ3) is 3.44. The smallest absolute Gasteiger partial charge is 0.251 e. The van der Waals surface area contributed by atoms with Crippen LogP contribution in [-0.4, -0.2) is 15.5 Å². The molecule has 2 rings (SSSR count). The van der Waals surface area contributed by atoms with E-state index in [1.54, 1.807) is 13.1 Å². The summed E-state index contributed by atoms with van der Waals surface area (Å²) in [4.78, 5) is 27.1. The number of nitrogens with two attached hydrogens (primary N) is 1. The lowest BCUT2D eigenvalue weighted by Gasteiger charge is -2.06. The van der Waals surface area contributed by atoms with Gasteiger partial charge in [0.1, 0.15) is 12.3 Å². The van der Waals surface area contributed by atoms with Gasteiger partial charge in [0.2, 0.25) is 11.8 Å². The van der Waals surface area contributed by atoms with Crippen molar-refractivity contribution in [2.45, 2.75) is 20.0 Å². The van der Waals surface area contributed by atoms with Crippen LogP contribution in [0, 0.1) is 6.92 Å². The highest BCUT2D eigenvalue weighted by molar-refractivity contribution is 5.75. The van der Waals surface area contributed by atoms with Crippen molar-refractivity contribution in [2.24, 2.45) is 0 Å². The van der Waals surface area contributed by atoms with E-state index in [2.05, 4.69) is 10.3 Å². The van der Waals surface area contributed by atoms with E-state index < -0.39 is 0 Å². The fraction of sp³-hybridized carbons (Fsp3) is 0.250. The van der Waals surface area contributed by atoms with Crippen LogP contribution in [0.25, 0.3) is 0 Å². The molecule has 0 bridgehead atoms. The molecule has 0 unspecified atom stereocenters. The van der Waals surface area contributed by atoms with Gasteiger partial charge in [-0.15, -0.1) is 0 Å². The Morgan fingerprint density at radius 2 is 2.32 bits per heavy atom. The Morgan fingerprint density at radius 3 is 3.00 bits per heavy atom. The summed E-state index contributed by atoms with van der Waals surface area (Å²) in [5.74, 6) is 0.783. The molecular formula is C12H14N4O3. The Balaban J connectivity index is 1.94. The van der Waals surface area contributed by atoms with E-state index >= 15 is 0 Å². The maximum absolute atomic E-state index is 11.7. The van der Waals surface area contributed by atoms with Crippen LogP contribution in [0.4, 0.5) is 5.69 Å². The third-order valence-corrected chi connectivity index (χ3v) is 2.43. The molecule has 2 heterocycles. The van der Waals surface area contributed by atoms with Crippen LogP contribution in [0.2, 0.25) is 0 Å². The van der Waals surface area contributed by atoms with Crippen molar-refractivity contribution >= 4 is 11.6 Å². The van der Waals surface area contributed by atoms with Gasteiger partial charge >= 0.3 is 0 Å². The number of hydrogen-bond donors (Lipinski definition) is 2. The highest BCUT2D eigenvalue weighted by Crippen LogP contribution is 2.00. The minimum atomic E-state index is -0.316. The summed E-state index contributed by atoms with van der Waals surface area (Å²) in [6, 6.07) is 2.81. The first kappa shape index (κ1) is 12.9. The number of nitrogens with zero attached hydrogens (tertiary/aromatic N) is 2. The number of anilines is 1. The van der Waals surface area contributed by atoms with Crippen molar-refractivity contribution in [2.75, 3.05) is 5.73 Å². The Bertz CT molecular complexity index is 644. The molecule has 0 radical (unpaired) electrons. The molecule has 0 aliphatic heterocycles. The first-order chi connectivity index (χ1) is 9.04. The van der Waals surface area contributed by atoms with Gasteiger partial charge in [-0.2, -0.15) is 0 Å². The number of aryl methyl sites for hydroxylation is 1. The maximum atomic E-state index is 11.7. The Morgan fingerprint density at radius 1 is 1.53 bits per heavy atom. The third-order valence-electron chi connectivity index (χ3n) is 2.43. The molecule has 0 aliphatic rings. The molecule has 7 heteroatoms. The highest BCUT2D eigenvalue weighted by Gasteiger charge is 2.06. The molecule has 2 aromatic rings. The zero-order valence-corrected chi connectivity index (χ0v) is 10.4. The molecule has 2 aromatic heterocycles. The zero-order valence-electron chi connectivity index (χ0n) is 10.4. The highest BCUT2D eigenvalue weighted by atomic mass is 16.4. The minimum Gasteiger partial charge on any atom is -0.444 e. The second kappa shape index (κ2) is 5.38. The van der Waals surface area contributed by atoms with Crippen molar-refractivity contribution in [3.63, 3.8) is 0 Å². The first-order valence-corrected chi connectivity index (χ1v) is 5.68. The van der Waals surface area contributed by atoms with Crippen LogP contribution in [-0.2, 0) is 17.9 Å². The van der Waals surface area contributed by atoms with Gasteiger partial charge in [0, 0.05) is 18.0 Å². The second-order valence-electron chi connectivity index (χ2n) is 4.07. The van der Waals surface area contributed by atoms with Gasteiger partial charge < -0.3 is 20.0 Å². The molecule has 0 spiro atoms. The van der Waals surface area contributed by atoms with E-state index in [1.165, 1.54) is 22.9 Å². The molecule has 19 heavy (non-hydrogen) atoms. The number of nitrogens with one attached hydrogen (secondary N) is 1. The standard InChI is InChI=1S/C12H14N4O3/c1-8-4-15-11(19-8)5-14-10(17)7-16-6-9(13)2-3-12(16)18/h2-4,6H,5,7,13H2,1H3,(H,14,17). The number of carbonyl (C=O) groups excluding carboxylic acids is 1. The molecule has 0 saturated carbocycles. The van der Waals surface area contributed by atoms with E-state index in [0.717, 1.165) is 0 Å². The molecule has 3 N–H and O–H groups in total. The lowest BCUT2D eigenvalue weighted by Crippen LogP contribution is -2.31. The predicted octanol–water partition coefficient (Wildman–Crippen LogP) is 0.0433. The summed E-state index contributed by atoms with van der Waals surface area (Å²) in [7, 11) is 0. The predicted molar refractivity (Wildman–Crippen MR) is 68.2 cm³/mol. The maximum Gasteiger partial charge on any atom is 0.251 e. The van der Waals surface area contributed by atoms with Crippen LogP contribution >= 0.6 is 0 Å². The minimum absolute atomic E-state index is 0.0937. The number of rotatable bonds is 4. The van der Waals surface area contributed by atoms with Crippen LogP contribution in [0.15, 0.2) is 33.7 Å². The van der Waals surface area contributed by atoms with Gasteiger partial charge in [0.15, 0.2) is 0 Å². The lowest BCUT2D eigenvalue weighted by molar-refractivity contribution is -0.122. The fourth-order valence-electron chi connectivity index (χ4n) is 1.54. The summed E-state index contributed by atoms with van der Waals surface area (Å²) in [6.45, 7) is 1.86. The molecule has 0 aromatic carbocycles. The number of hydrogen-bond acceptors (Lipinski definition) is 5. The Labute approximate surface area is 109 Å². The summed E-state index contributed by atoms with van der Waals surface area (Å²) in [6.07, 6.45) is 3.00. The molecule has 100 valence electrons. The van der Waals surface area contributed by atoms with E-state index in [4.69, 9.17) is 10.2 Å². The van der Waals surface area contributed by atoms with Crippen LogP contribution < -0.4 is 16.6 Å². The monoisotopic (exact) mass is 262 g/mol. The molecule has 0 atom stereocenters. The normalized spacial score (nSPS) is 10.4. The summed E-state index contributed by atoms with van der Waals surface area (Å²) >= 11 is 0. The number of oxazole rings is 1. The number of pyridine rings is 1. The number of nitrogen functional groups attached to an aromatic ring is 1. The van der Waals surface area contributed by atoms with Crippen LogP contribution in [0.5, 0.6) is 0 Å². The second-order valence-corrected chi connectivity index (χ2v) is 4.07. The average Bonchev–Trinajstić information content (AvgIpc) is 2.77. The van der Waals surface area contributed by atoms with E-state index in [1.807, 2.05) is 0 Å². The van der Waals surface area contributed by atoms with Gasteiger partial charge in [0.05, 0.1) is 12.7 Å². The van der Waals surface area contributed by atoms with Gasteiger partial charge in [-0.25, -0.2) is 4.98 Å². The van der Waals surface area contributed by atoms with Crippen molar-refractivity contribution in [1.82, 2.24) is 14.9 Å². The first-order valence-electron chi connectivity index (χ1n) is 5.68. The Hall–Kier alpha value is -2.57. The van der Waals surface area contributed by atoms with Crippen molar-refractivity contribution < 1.29 is 9.21 Å². The van der Waals surface area contributed by atoms with Gasteiger partial charge in [-0.1, -0.05) is 0 Å². The fourth-order valence-corrected chi connectivity index (χ4v) is 1.54. The largest absolute Gasteiger partial charge is 0.444 e. The van der Waals surface area contributed by atoms with Gasteiger partial charge in [-0.05, 0) is 13.0 Å². The van der Waals surface area contributed by atoms with Gasteiger partial charge in [0.25, 0.3) is 5.56 Å². The van der Waals surface area contributed by atoms with Crippen molar-refractivity contribution in [3.8, 4) is 0 Å². The quantitative estimate of drug-likeness (QED) is 0.810. The van der Waals surface area contributed by atoms with E-state index in [9.17, 15) is 9.59 Å². The molecule has 0 fully saturated rings. The average molecular weight is 262 g/mol. The zero-order chi connectivity index (χ0) is 13.8. The molecule has 0 aliphatic carbocycles. The number of aromatic nitrogens is 2. The molecule has 7 nitrogen and oxygen atoms in total. The summed E-state index contributed by atoms with van der Waals surface area (Å²) in [5.41, 5.74) is 5.70. The lowest BCUT2D eigenvalue weighted by atomic mass is 10.4. The summed E-state index contributed by atoms with van der Waals surface area (Å²) in [5, 5.41) is 2.61. The molecule has 1 amide bonds. The van der Waals surface area contributed by atoms with Crippen molar-refractivity contribution in [1.29, 1.82) is 0 Å². The number of amides is 1. The van der Waals surface area contributed by atoms with E-state index in [0.29, 0.717) is 17.3 Å². The SMILES string of the molecule is Cc1cnc(CNC(=O)Cn2cc(N)ccc2=O)o1. The Kier molecular flexibility index (Phi) is 3.65. The van der Waals surface area contributed by atoms with Crippen molar-refractivity contribution in [3.05, 3.63) is 46.5 Å². The topological polar surface area (TPSA) is 103 Å². The summed E-state index contributed by atoms with van der Waals surface area (Å²) < 4.78 is 6.45. The van der Waals surface area contributed by atoms with Crippen LogP contribution in [0.1, 0.15) is 11.7 Å². The molecule has 0 saturated heterocycles. The molecular weight excluding hydrogens is 248 g/mol. The van der Waals surface area contributed by atoms with Crippen LogP contribution in [0.3, 0.4) is 0 Å². The van der Waals surface area contributed by atoms with Gasteiger partial charge in [-0.3, -0.25) is 9.59 Å². The number of carbonyl (C=O) groups is 1.